The van der Waals surface area contributed by atoms with Gasteiger partial charge in [-0.15, -0.1) is 0 Å². The van der Waals surface area contributed by atoms with Crippen LogP contribution in [0.5, 0.6) is 0 Å². The van der Waals surface area contributed by atoms with Crippen molar-refractivity contribution in [2.24, 2.45) is 0 Å². The van der Waals surface area contributed by atoms with Crippen LogP contribution in [0.25, 0.3) is 11.0 Å². The van der Waals surface area contributed by atoms with Crippen molar-refractivity contribution in [2.75, 3.05) is 18.4 Å². The molecule has 0 aliphatic carbocycles. The van der Waals surface area contributed by atoms with Crippen molar-refractivity contribution >= 4 is 32.7 Å². The van der Waals surface area contributed by atoms with E-state index in [4.69, 9.17) is 0 Å². The molecule has 3 aromatic rings. The first-order chi connectivity index (χ1) is 12.8. The Hall–Kier alpha value is -2.71. The molecule has 140 valence electrons. The number of sulfonamides is 1. The maximum atomic E-state index is 12.7. The fraction of sp³-hybridized carbons (Fsp3) is 0.263. The summed E-state index contributed by atoms with van der Waals surface area (Å²) in [5, 5.41) is 2.63. The molecule has 2 N–H and O–H groups in total. The van der Waals surface area contributed by atoms with Gasteiger partial charge in [0, 0.05) is 31.6 Å². The Labute approximate surface area is 157 Å². The summed E-state index contributed by atoms with van der Waals surface area (Å²) in [6.07, 6.45) is 0. The topological polar surface area (TPSA) is 95.2 Å². The average molecular weight is 384 g/mol. The molecule has 4 rings (SSSR count). The fourth-order valence-corrected chi connectivity index (χ4v) is 4.74. The zero-order chi connectivity index (χ0) is 19.2. The van der Waals surface area contributed by atoms with Gasteiger partial charge in [-0.2, -0.15) is 4.31 Å². The molecule has 27 heavy (non-hydrogen) atoms. The van der Waals surface area contributed by atoms with Crippen LogP contribution in [0, 0.1) is 6.92 Å². The molecule has 0 unspecified atom stereocenters. The molecular weight excluding hydrogens is 364 g/mol. The van der Waals surface area contributed by atoms with Crippen molar-refractivity contribution in [3.8, 4) is 0 Å². The normalized spacial score (nSPS) is 15.6. The number of carbonyl (C=O) groups is 1. The number of benzene rings is 2. The zero-order valence-electron chi connectivity index (χ0n) is 15.1. The van der Waals surface area contributed by atoms with E-state index in [0.717, 1.165) is 22.4 Å². The highest BCUT2D eigenvalue weighted by molar-refractivity contribution is 7.89. The Kier molecular flexibility index (Phi) is 4.24. The molecule has 1 aliphatic rings. The molecule has 8 heteroatoms. The van der Waals surface area contributed by atoms with E-state index in [0.29, 0.717) is 18.8 Å². The average Bonchev–Trinajstić information content (AvgIpc) is 2.95. The maximum absolute atomic E-state index is 12.7. The summed E-state index contributed by atoms with van der Waals surface area (Å²) in [5.41, 5.74) is 3.59. The molecule has 1 saturated heterocycles. The molecule has 0 atom stereocenters. The molecule has 2 heterocycles. The standard InChI is InChI=1S/C19H20N4O3S/c1-12-3-8-17-18(9-12)22-19(21-17)14-10-23(11-14)27(25,26)16-6-4-15(5-7-16)20-13(2)24/h3-9,14H,10-11H2,1-2H3,(H,20,24)(H,21,22). The van der Waals surface area contributed by atoms with Crippen LogP contribution in [0.3, 0.4) is 0 Å². The second-order valence-corrected chi connectivity index (χ2v) is 8.81. The van der Waals surface area contributed by atoms with Crippen LogP contribution in [0.2, 0.25) is 0 Å². The highest BCUT2D eigenvalue weighted by Gasteiger charge is 2.38. The van der Waals surface area contributed by atoms with Crippen LogP contribution in [-0.4, -0.2) is 41.7 Å². The largest absolute Gasteiger partial charge is 0.342 e. The summed E-state index contributed by atoms with van der Waals surface area (Å²) < 4.78 is 26.9. The van der Waals surface area contributed by atoms with Crippen LogP contribution in [0.1, 0.15) is 24.2 Å². The summed E-state index contributed by atoms with van der Waals surface area (Å²) >= 11 is 0. The van der Waals surface area contributed by atoms with Gasteiger partial charge in [-0.3, -0.25) is 4.79 Å². The number of imidazole rings is 1. The first kappa shape index (κ1) is 17.7. The minimum atomic E-state index is -3.55. The van der Waals surface area contributed by atoms with Crippen LogP contribution in [0.15, 0.2) is 47.4 Å². The number of nitrogens with zero attached hydrogens (tertiary/aromatic N) is 2. The van der Waals surface area contributed by atoms with E-state index in [1.165, 1.54) is 23.4 Å². The molecule has 0 spiro atoms. The van der Waals surface area contributed by atoms with E-state index in [9.17, 15) is 13.2 Å². The number of fused-ring (bicyclic) bond motifs is 1. The van der Waals surface area contributed by atoms with Crippen LogP contribution in [-0.2, 0) is 14.8 Å². The van der Waals surface area contributed by atoms with Gasteiger partial charge >= 0.3 is 0 Å². The predicted molar refractivity (Wildman–Crippen MR) is 103 cm³/mol. The molecule has 1 aromatic heterocycles. The summed E-state index contributed by atoms with van der Waals surface area (Å²) in [5.74, 6) is 0.686. The molecule has 0 saturated carbocycles. The summed E-state index contributed by atoms with van der Waals surface area (Å²) in [7, 11) is -3.55. The number of rotatable bonds is 4. The zero-order valence-corrected chi connectivity index (χ0v) is 15.9. The maximum Gasteiger partial charge on any atom is 0.243 e. The quantitative estimate of drug-likeness (QED) is 0.723. The highest BCUT2D eigenvalue weighted by Crippen LogP contribution is 2.32. The second-order valence-electron chi connectivity index (χ2n) is 6.87. The molecule has 2 aromatic carbocycles. The van der Waals surface area contributed by atoms with Gasteiger partial charge in [0.05, 0.1) is 15.9 Å². The smallest absolute Gasteiger partial charge is 0.243 e. The lowest BCUT2D eigenvalue weighted by molar-refractivity contribution is -0.114. The second kappa shape index (κ2) is 6.47. The third-order valence-corrected chi connectivity index (χ3v) is 6.55. The van der Waals surface area contributed by atoms with Gasteiger partial charge in [0.1, 0.15) is 5.82 Å². The molecule has 1 amide bonds. The van der Waals surface area contributed by atoms with Crippen LogP contribution in [0.4, 0.5) is 5.69 Å². The Balaban J connectivity index is 1.48. The Morgan fingerprint density at radius 2 is 1.89 bits per heavy atom. The minimum Gasteiger partial charge on any atom is -0.342 e. The first-order valence-electron chi connectivity index (χ1n) is 8.67. The summed E-state index contributed by atoms with van der Waals surface area (Å²) in [6.45, 7) is 4.22. The van der Waals surface area contributed by atoms with Gasteiger partial charge in [-0.1, -0.05) is 6.07 Å². The van der Waals surface area contributed by atoms with E-state index in [1.807, 2.05) is 25.1 Å². The number of aromatic nitrogens is 2. The van der Waals surface area contributed by atoms with Gasteiger partial charge < -0.3 is 10.3 Å². The molecule has 0 radical (unpaired) electrons. The molecule has 0 bridgehead atoms. The SMILES string of the molecule is CC(=O)Nc1ccc(S(=O)(=O)N2CC(c3nc4ccc(C)cc4[nH]3)C2)cc1. The van der Waals surface area contributed by atoms with Crippen molar-refractivity contribution in [1.82, 2.24) is 14.3 Å². The molecule has 7 nitrogen and oxygen atoms in total. The van der Waals surface area contributed by atoms with Gasteiger partial charge in [0.15, 0.2) is 0 Å². The van der Waals surface area contributed by atoms with Gasteiger partial charge in [-0.25, -0.2) is 13.4 Å². The van der Waals surface area contributed by atoms with E-state index >= 15 is 0 Å². The Bertz CT molecular complexity index is 1110. The fourth-order valence-electron chi connectivity index (χ4n) is 3.21. The Morgan fingerprint density at radius 3 is 2.56 bits per heavy atom. The van der Waals surface area contributed by atoms with Crippen molar-refractivity contribution in [1.29, 1.82) is 0 Å². The van der Waals surface area contributed by atoms with Crippen LogP contribution < -0.4 is 5.32 Å². The number of aromatic amines is 1. The van der Waals surface area contributed by atoms with E-state index < -0.39 is 10.0 Å². The molecular formula is C19H20N4O3S. The lowest BCUT2D eigenvalue weighted by Gasteiger charge is -2.36. The number of aryl methyl sites for hydroxylation is 1. The minimum absolute atomic E-state index is 0.0612. The number of anilines is 1. The summed E-state index contributed by atoms with van der Waals surface area (Å²) in [4.78, 5) is 19.2. The van der Waals surface area contributed by atoms with Gasteiger partial charge in [-0.05, 0) is 48.9 Å². The lowest BCUT2D eigenvalue weighted by Crippen LogP contribution is -2.48. The van der Waals surface area contributed by atoms with Crippen molar-refractivity contribution in [3.63, 3.8) is 0 Å². The van der Waals surface area contributed by atoms with E-state index in [2.05, 4.69) is 15.3 Å². The van der Waals surface area contributed by atoms with Crippen molar-refractivity contribution in [2.45, 2.75) is 24.7 Å². The first-order valence-corrected chi connectivity index (χ1v) is 10.1. The molecule has 1 aliphatic heterocycles. The van der Waals surface area contributed by atoms with E-state index in [-0.39, 0.29) is 16.7 Å². The van der Waals surface area contributed by atoms with Gasteiger partial charge in [0.25, 0.3) is 0 Å². The number of hydrogen-bond donors (Lipinski definition) is 2. The van der Waals surface area contributed by atoms with Crippen molar-refractivity contribution in [3.05, 3.63) is 53.9 Å². The number of carbonyl (C=O) groups excluding carboxylic acids is 1. The van der Waals surface area contributed by atoms with Crippen molar-refractivity contribution < 1.29 is 13.2 Å². The number of hydrogen-bond acceptors (Lipinski definition) is 4. The van der Waals surface area contributed by atoms with E-state index in [1.54, 1.807) is 12.1 Å². The predicted octanol–water partition coefficient (Wildman–Crippen LogP) is 2.62. The number of amides is 1. The lowest BCUT2D eigenvalue weighted by atomic mass is 10.0. The third kappa shape index (κ3) is 3.33. The number of nitrogens with one attached hydrogen (secondary N) is 2. The Morgan fingerprint density at radius 1 is 1.19 bits per heavy atom. The van der Waals surface area contributed by atoms with Gasteiger partial charge in [0.2, 0.25) is 15.9 Å². The highest BCUT2D eigenvalue weighted by atomic mass is 32.2. The van der Waals surface area contributed by atoms with Crippen LogP contribution >= 0.6 is 0 Å². The summed E-state index contributed by atoms with van der Waals surface area (Å²) in [6, 6.07) is 12.2. The third-order valence-electron chi connectivity index (χ3n) is 4.70. The molecule has 1 fully saturated rings. The monoisotopic (exact) mass is 384 g/mol. The number of H-pyrrole nitrogens is 1.